The SMILES string of the molecule is CN(CCc1ccncc1)C(=O)CCC(=O)OC(C)(C)C. The Balaban J connectivity index is 2.30. The van der Waals surface area contributed by atoms with Crippen molar-refractivity contribution >= 4 is 11.9 Å². The van der Waals surface area contributed by atoms with Gasteiger partial charge in [-0.25, -0.2) is 0 Å². The molecule has 0 aliphatic carbocycles. The number of hydrogen-bond acceptors (Lipinski definition) is 4. The van der Waals surface area contributed by atoms with E-state index >= 15 is 0 Å². The Morgan fingerprint density at radius 1 is 1.19 bits per heavy atom. The first-order valence-electron chi connectivity index (χ1n) is 7.12. The van der Waals surface area contributed by atoms with Gasteiger partial charge in [-0.2, -0.15) is 0 Å². The first kappa shape index (κ1) is 17.1. The van der Waals surface area contributed by atoms with Gasteiger partial charge in [0.2, 0.25) is 5.91 Å². The van der Waals surface area contributed by atoms with Crippen molar-refractivity contribution in [3.05, 3.63) is 30.1 Å². The summed E-state index contributed by atoms with van der Waals surface area (Å²) < 4.78 is 5.18. The summed E-state index contributed by atoms with van der Waals surface area (Å²) in [4.78, 5) is 29.1. The molecule has 1 aromatic heterocycles. The molecule has 1 amide bonds. The van der Waals surface area contributed by atoms with Crippen LogP contribution in [0.15, 0.2) is 24.5 Å². The monoisotopic (exact) mass is 292 g/mol. The van der Waals surface area contributed by atoms with E-state index in [1.165, 1.54) is 0 Å². The molecule has 0 fully saturated rings. The maximum atomic E-state index is 11.9. The number of hydrogen-bond donors (Lipinski definition) is 0. The quantitative estimate of drug-likeness (QED) is 0.754. The topological polar surface area (TPSA) is 59.5 Å². The molecule has 0 saturated carbocycles. The van der Waals surface area contributed by atoms with Gasteiger partial charge in [-0.15, -0.1) is 0 Å². The molecule has 0 bridgehead atoms. The number of nitrogens with zero attached hydrogens (tertiary/aromatic N) is 2. The van der Waals surface area contributed by atoms with E-state index in [9.17, 15) is 9.59 Å². The van der Waals surface area contributed by atoms with Crippen LogP contribution in [0.3, 0.4) is 0 Å². The number of likely N-dealkylation sites (N-methyl/N-ethyl adjacent to an activating group) is 1. The van der Waals surface area contributed by atoms with Crippen LogP contribution < -0.4 is 0 Å². The molecule has 0 spiro atoms. The first-order chi connectivity index (χ1) is 9.78. The fourth-order valence-electron chi connectivity index (χ4n) is 1.76. The summed E-state index contributed by atoms with van der Waals surface area (Å²) in [6.07, 6.45) is 4.55. The van der Waals surface area contributed by atoms with Crippen molar-refractivity contribution in [3.8, 4) is 0 Å². The van der Waals surface area contributed by atoms with Crippen molar-refractivity contribution in [1.82, 2.24) is 9.88 Å². The summed E-state index contributed by atoms with van der Waals surface area (Å²) in [6.45, 7) is 6.06. The second kappa shape index (κ2) is 7.76. The zero-order valence-corrected chi connectivity index (χ0v) is 13.3. The van der Waals surface area contributed by atoms with E-state index in [1.54, 1.807) is 24.3 Å². The highest BCUT2D eigenvalue weighted by Gasteiger charge is 2.18. The molecule has 0 N–H and O–H groups in total. The highest BCUT2D eigenvalue weighted by atomic mass is 16.6. The van der Waals surface area contributed by atoms with Gasteiger partial charge in [0.25, 0.3) is 0 Å². The number of carbonyl (C=O) groups is 2. The molecule has 0 aromatic carbocycles. The largest absolute Gasteiger partial charge is 0.460 e. The van der Waals surface area contributed by atoms with Gasteiger partial charge in [0.1, 0.15) is 5.60 Å². The van der Waals surface area contributed by atoms with Crippen molar-refractivity contribution in [2.24, 2.45) is 0 Å². The predicted molar refractivity (Wildman–Crippen MR) is 80.7 cm³/mol. The molecule has 0 radical (unpaired) electrons. The highest BCUT2D eigenvalue weighted by Crippen LogP contribution is 2.09. The van der Waals surface area contributed by atoms with Gasteiger partial charge in [-0.05, 0) is 44.9 Å². The normalized spacial score (nSPS) is 11.0. The minimum absolute atomic E-state index is 0.0464. The Kier molecular flexibility index (Phi) is 6.34. The summed E-state index contributed by atoms with van der Waals surface area (Å²) in [5.74, 6) is -0.381. The number of ether oxygens (including phenoxy) is 1. The molecule has 0 atom stereocenters. The van der Waals surface area contributed by atoms with Crippen LogP contribution >= 0.6 is 0 Å². The molecule has 5 nitrogen and oxygen atoms in total. The fourth-order valence-corrected chi connectivity index (χ4v) is 1.76. The Labute approximate surface area is 126 Å². The van der Waals surface area contributed by atoms with Gasteiger partial charge in [-0.3, -0.25) is 14.6 Å². The summed E-state index contributed by atoms with van der Waals surface area (Å²) in [5, 5.41) is 0. The number of aromatic nitrogens is 1. The molecule has 1 heterocycles. The third-order valence-electron chi connectivity index (χ3n) is 2.87. The molecular weight excluding hydrogens is 268 g/mol. The number of carbonyl (C=O) groups excluding carboxylic acids is 2. The second-order valence-corrected chi connectivity index (χ2v) is 6.01. The number of pyridine rings is 1. The third kappa shape index (κ3) is 7.44. The molecule has 116 valence electrons. The highest BCUT2D eigenvalue weighted by molar-refractivity contribution is 5.81. The summed E-state index contributed by atoms with van der Waals surface area (Å²) in [6, 6.07) is 3.86. The van der Waals surface area contributed by atoms with E-state index in [4.69, 9.17) is 4.74 Å². The molecule has 0 unspecified atom stereocenters. The molecule has 0 aliphatic heterocycles. The third-order valence-corrected chi connectivity index (χ3v) is 2.87. The van der Waals surface area contributed by atoms with Crippen LogP contribution in [0.1, 0.15) is 39.2 Å². The lowest BCUT2D eigenvalue weighted by atomic mass is 10.2. The average molecular weight is 292 g/mol. The Hall–Kier alpha value is -1.91. The van der Waals surface area contributed by atoms with E-state index in [-0.39, 0.29) is 24.7 Å². The smallest absolute Gasteiger partial charge is 0.306 e. The lowest BCUT2D eigenvalue weighted by Gasteiger charge is -2.20. The van der Waals surface area contributed by atoms with Crippen molar-refractivity contribution in [3.63, 3.8) is 0 Å². The zero-order chi connectivity index (χ0) is 15.9. The lowest BCUT2D eigenvalue weighted by molar-refractivity contribution is -0.156. The summed E-state index contributed by atoms with van der Waals surface area (Å²) in [5.41, 5.74) is 0.629. The maximum Gasteiger partial charge on any atom is 0.306 e. The fraction of sp³-hybridized carbons (Fsp3) is 0.562. The minimum Gasteiger partial charge on any atom is -0.460 e. The van der Waals surface area contributed by atoms with E-state index < -0.39 is 5.60 Å². The van der Waals surface area contributed by atoms with Gasteiger partial charge >= 0.3 is 5.97 Å². The van der Waals surface area contributed by atoms with Crippen molar-refractivity contribution in [2.75, 3.05) is 13.6 Å². The van der Waals surface area contributed by atoms with Crippen LogP contribution in [0.2, 0.25) is 0 Å². The predicted octanol–water partition coefficient (Wildman–Crippen LogP) is 2.20. The standard InChI is InChI=1S/C16H24N2O3/c1-16(2,3)21-15(20)6-5-14(19)18(4)12-9-13-7-10-17-11-8-13/h7-8,10-11H,5-6,9,12H2,1-4H3. The molecule has 5 heteroatoms. The molecule has 1 rings (SSSR count). The second-order valence-electron chi connectivity index (χ2n) is 6.01. The zero-order valence-electron chi connectivity index (χ0n) is 13.3. The van der Waals surface area contributed by atoms with E-state index in [0.717, 1.165) is 12.0 Å². The van der Waals surface area contributed by atoms with Gasteiger partial charge in [0, 0.05) is 32.4 Å². The van der Waals surface area contributed by atoms with Crippen molar-refractivity contribution in [2.45, 2.75) is 45.6 Å². The van der Waals surface area contributed by atoms with E-state index in [2.05, 4.69) is 4.98 Å². The van der Waals surface area contributed by atoms with E-state index in [1.807, 2.05) is 32.9 Å². The van der Waals surface area contributed by atoms with Gasteiger partial charge in [0.15, 0.2) is 0 Å². The number of amides is 1. The lowest BCUT2D eigenvalue weighted by Crippen LogP contribution is -2.30. The van der Waals surface area contributed by atoms with Gasteiger partial charge in [-0.1, -0.05) is 0 Å². The molecular formula is C16H24N2O3. The average Bonchev–Trinajstić information content (AvgIpc) is 2.41. The van der Waals surface area contributed by atoms with Crippen LogP contribution in [0, 0.1) is 0 Å². The van der Waals surface area contributed by atoms with Crippen LogP contribution in [-0.2, 0) is 20.7 Å². The van der Waals surface area contributed by atoms with Gasteiger partial charge < -0.3 is 9.64 Å². The van der Waals surface area contributed by atoms with Crippen LogP contribution in [0.25, 0.3) is 0 Å². The van der Waals surface area contributed by atoms with Crippen LogP contribution in [0.5, 0.6) is 0 Å². The van der Waals surface area contributed by atoms with Crippen molar-refractivity contribution in [1.29, 1.82) is 0 Å². The minimum atomic E-state index is -0.507. The Bertz CT molecular complexity index is 466. The first-order valence-corrected chi connectivity index (χ1v) is 7.12. The molecule has 0 saturated heterocycles. The van der Waals surface area contributed by atoms with E-state index in [0.29, 0.717) is 6.54 Å². The maximum absolute atomic E-state index is 11.9. The van der Waals surface area contributed by atoms with Crippen LogP contribution in [-0.4, -0.2) is 41.0 Å². The Morgan fingerprint density at radius 2 is 1.81 bits per heavy atom. The van der Waals surface area contributed by atoms with Crippen LogP contribution in [0.4, 0.5) is 0 Å². The Morgan fingerprint density at radius 3 is 2.38 bits per heavy atom. The summed E-state index contributed by atoms with van der Waals surface area (Å²) >= 11 is 0. The number of esters is 1. The molecule has 1 aromatic rings. The van der Waals surface area contributed by atoms with Crippen molar-refractivity contribution < 1.29 is 14.3 Å². The van der Waals surface area contributed by atoms with Gasteiger partial charge in [0.05, 0.1) is 6.42 Å². The molecule has 21 heavy (non-hydrogen) atoms. The number of rotatable bonds is 6. The summed E-state index contributed by atoms with van der Waals surface area (Å²) in [7, 11) is 1.75. The molecule has 0 aliphatic rings.